The molecule has 0 bridgehead atoms. The summed E-state index contributed by atoms with van der Waals surface area (Å²) in [6, 6.07) is 10.5. The molecule has 0 spiro atoms. The minimum Gasteiger partial charge on any atom is -0.399 e. The van der Waals surface area contributed by atoms with Gasteiger partial charge < -0.3 is 5.73 Å². The Morgan fingerprint density at radius 2 is 1.95 bits per heavy atom. The maximum absolute atomic E-state index is 12.4. The Balaban J connectivity index is 2.46. The molecular formula is C13H9BrClN3O2S. The van der Waals surface area contributed by atoms with Crippen molar-refractivity contribution in [2.24, 2.45) is 0 Å². The van der Waals surface area contributed by atoms with Gasteiger partial charge in [-0.25, -0.2) is 8.42 Å². The van der Waals surface area contributed by atoms with Gasteiger partial charge in [-0.15, -0.1) is 0 Å². The summed E-state index contributed by atoms with van der Waals surface area (Å²) < 4.78 is 27.6. The number of benzene rings is 2. The maximum atomic E-state index is 12.4. The van der Waals surface area contributed by atoms with Gasteiger partial charge in [-0.2, -0.15) is 5.26 Å². The zero-order valence-corrected chi connectivity index (χ0v) is 13.6. The smallest absolute Gasteiger partial charge is 0.263 e. The van der Waals surface area contributed by atoms with E-state index < -0.39 is 10.0 Å². The molecule has 0 atom stereocenters. The van der Waals surface area contributed by atoms with Gasteiger partial charge in [0.25, 0.3) is 10.0 Å². The lowest BCUT2D eigenvalue weighted by atomic mass is 10.2. The molecule has 0 aliphatic carbocycles. The Morgan fingerprint density at radius 3 is 2.57 bits per heavy atom. The highest BCUT2D eigenvalue weighted by atomic mass is 79.9. The molecule has 0 heterocycles. The number of nitrogens with one attached hydrogen (secondary N) is 1. The second kappa shape index (κ2) is 5.93. The third-order valence-corrected chi connectivity index (χ3v) is 4.90. The maximum Gasteiger partial charge on any atom is 0.263 e. The molecule has 2 aromatic rings. The number of nitriles is 1. The van der Waals surface area contributed by atoms with Crippen LogP contribution in [-0.4, -0.2) is 8.42 Å². The van der Waals surface area contributed by atoms with Crippen molar-refractivity contribution in [1.29, 1.82) is 5.26 Å². The predicted molar refractivity (Wildman–Crippen MR) is 85.5 cm³/mol. The molecular weight excluding hydrogens is 378 g/mol. The van der Waals surface area contributed by atoms with E-state index in [0.29, 0.717) is 20.9 Å². The number of nitrogens with zero attached hydrogens (tertiary/aromatic N) is 1. The third-order valence-electron chi connectivity index (χ3n) is 2.59. The van der Waals surface area contributed by atoms with Crippen LogP contribution in [0.3, 0.4) is 0 Å². The highest BCUT2D eigenvalue weighted by molar-refractivity contribution is 9.10. The average molecular weight is 387 g/mol. The molecule has 0 unspecified atom stereocenters. The van der Waals surface area contributed by atoms with E-state index in [9.17, 15) is 8.42 Å². The SMILES string of the molecule is N#Cc1cc(N)ccc1S(=O)(=O)Nc1ccc(Cl)cc1Br. The first kappa shape index (κ1) is 15.6. The normalized spacial score (nSPS) is 10.9. The number of rotatable bonds is 3. The molecule has 0 saturated heterocycles. The number of anilines is 2. The van der Waals surface area contributed by atoms with E-state index in [2.05, 4.69) is 20.7 Å². The number of sulfonamides is 1. The van der Waals surface area contributed by atoms with Crippen molar-refractivity contribution in [2.45, 2.75) is 4.90 Å². The van der Waals surface area contributed by atoms with Crippen molar-refractivity contribution in [3.05, 3.63) is 51.5 Å². The van der Waals surface area contributed by atoms with Crippen molar-refractivity contribution in [3.8, 4) is 6.07 Å². The van der Waals surface area contributed by atoms with Gasteiger partial charge in [0.15, 0.2) is 0 Å². The second-order valence-electron chi connectivity index (χ2n) is 4.10. The molecule has 0 saturated carbocycles. The van der Waals surface area contributed by atoms with Crippen LogP contribution in [0, 0.1) is 11.3 Å². The largest absolute Gasteiger partial charge is 0.399 e. The predicted octanol–water partition coefficient (Wildman–Crippen LogP) is 3.36. The summed E-state index contributed by atoms with van der Waals surface area (Å²) >= 11 is 9.03. The van der Waals surface area contributed by atoms with Crippen molar-refractivity contribution in [2.75, 3.05) is 10.5 Å². The van der Waals surface area contributed by atoms with E-state index in [1.165, 1.54) is 24.3 Å². The number of hydrogen-bond donors (Lipinski definition) is 2. The van der Waals surface area contributed by atoms with E-state index in [4.69, 9.17) is 22.6 Å². The number of nitrogens with two attached hydrogens (primary N) is 1. The van der Waals surface area contributed by atoms with Crippen LogP contribution >= 0.6 is 27.5 Å². The minimum atomic E-state index is -3.91. The van der Waals surface area contributed by atoms with E-state index >= 15 is 0 Å². The summed E-state index contributed by atoms with van der Waals surface area (Å²) in [5.74, 6) is 0. The molecule has 8 heteroatoms. The van der Waals surface area contributed by atoms with Crippen LogP contribution in [0.2, 0.25) is 5.02 Å². The fourth-order valence-electron chi connectivity index (χ4n) is 1.64. The molecule has 3 N–H and O–H groups in total. The quantitative estimate of drug-likeness (QED) is 0.791. The molecule has 5 nitrogen and oxygen atoms in total. The fourth-order valence-corrected chi connectivity index (χ4v) is 3.77. The Labute approximate surface area is 135 Å². The number of halogens is 2. The van der Waals surface area contributed by atoms with Crippen LogP contribution in [-0.2, 0) is 10.0 Å². The number of nitrogen functional groups attached to an aromatic ring is 1. The van der Waals surface area contributed by atoms with Crippen molar-refractivity contribution in [3.63, 3.8) is 0 Å². The Morgan fingerprint density at radius 1 is 1.24 bits per heavy atom. The molecule has 0 aliphatic rings. The average Bonchev–Trinajstić information content (AvgIpc) is 2.41. The molecule has 0 aromatic heterocycles. The van der Waals surface area contributed by atoms with Gasteiger partial charge in [-0.3, -0.25) is 4.72 Å². The summed E-state index contributed by atoms with van der Waals surface area (Å²) in [4.78, 5) is -0.138. The van der Waals surface area contributed by atoms with Crippen LogP contribution in [0.25, 0.3) is 0 Å². The first-order chi connectivity index (χ1) is 9.83. The highest BCUT2D eigenvalue weighted by Gasteiger charge is 2.20. The summed E-state index contributed by atoms with van der Waals surface area (Å²) in [5.41, 5.74) is 6.17. The van der Waals surface area contributed by atoms with E-state index in [1.807, 2.05) is 6.07 Å². The third kappa shape index (κ3) is 3.47. The topological polar surface area (TPSA) is 96.0 Å². The highest BCUT2D eigenvalue weighted by Crippen LogP contribution is 2.29. The van der Waals surface area contributed by atoms with Gasteiger partial charge in [0.1, 0.15) is 11.0 Å². The molecule has 0 amide bonds. The van der Waals surface area contributed by atoms with Gasteiger partial charge in [0.2, 0.25) is 0 Å². The zero-order valence-electron chi connectivity index (χ0n) is 10.5. The van der Waals surface area contributed by atoms with Gasteiger partial charge >= 0.3 is 0 Å². The summed E-state index contributed by atoms with van der Waals surface area (Å²) in [6.07, 6.45) is 0. The van der Waals surface area contributed by atoms with Crippen molar-refractivity contribution >= 4 is 48.9 Å². The lowest BCUT2D eigenvalue weighted by molar-refractivity contribution is 0.601. The zero-order chi connectivity index (χ0) is 15.6. The van der Waals surface area contributed by atoms with Gasteiger partial charge in [0.05, 0.1) is 11.3 Å². The molecule has 2 aromatic carbocycles. The van der Waals surface area contributed by atoms with Crippen LogP contribution in [0.1, 0.15) is 5.56 Å². The molecule has 108 valence electrons. The van der Waals surface area contributed by atoms with Gasteiger partial charge in [0, 0.05) is 15.2 Å². The van der Waals surface area contributed by atoms with Crippen molar-refractivity contribution < 1.29 is 8.42 Å². The lowest BCUT2D eigenvalue weighted by Crippen LogP contribution is -2.15. The molecule has 0 fully saturated rings. The van der Waals surface area contributed by atoms with E-state index in [1.54, 1.807) is 12.1 Å². The monoisotopic (exact) mass is 385 g/mol. The van der Waals surface area contributed by atoms with Crippen LogP contribution < -0.4 is 10.5 Å². The molecule has 2 rings (SSSR count). The van der Waals surface area contributed by atoms with Crippen molar-refractivity contribution in [1.82, 2.24) is 0 Å². The first-order valence-electron chi connectivity index (χ1n) is 5.61. The van der Waals surface area contributed by atoms with Gasteiger partial charge in [-0.05, 0) is 52.3 Å². The van der Waals surface area contributed by atoms with E-state index in [-0.39, 0.29) is 10.5 Å². The fraction of sp³-hybridized carbons (Fsp3) is 0. The Hall–Kier alpha value is -1.75. The van der Waals surface area contributed by atoms with Crippen LogP contribution in [0.15, 0.2) is 45.8 Å². The standard InChI is InChI=1S/C13H9BrClN3O2S/c14-11-6-9(15)1-3-12(11)18-21(19,20)13-4-2-10(17)5-8(13)7-16/h1-6,18H,17H2. The lowest BCUT2D eigenvalue weighted by Gasteiger charge is -2.11. The summed E-state index contributed by atoms with van der Waals surface area (Å²) in [5, 5.41) is 9.51. The Kier molecular flexibility index (Phi) is 4.42. The Bertz CT molecular complexity index is 847. The first-order valence-corrected chi connectivity index (χ1v) is 8.26. The van der Waals surface area contributed by atoms with E-state index in [0.717, 1.165) is 0 Å². The van der Waals surface area contributed by atoms with Crippen LogP contribution in [0.5, 0.6) is 0 Å². The molecule has 0 aliphatic heterocycles. The minimum absolute atomic E-state index is 0.0208. The second-order valence-corrected chi connectivity index (χ2v) is 7.04. The number of hydrogen-bond acceptors (Lipinski definition) is 4. The summed E-state index contributed by atoms with van der Waals surface area (Å²) in [6.45, 7) is 0. The van der Waals surface area contributed by atoms with Crippen LogP contribution in [0.4, 0.5) is 11.4 Å². The molecule has 21 heavy (non-hydrogen) atoms. The van der Waals surface area contributed by atoms with Gasteiger partial charge in [-0.1, -0.05) is 11.6 Å². The summed E-state index contributed by atoms with van der Waals surface area (Å²) in [7, 11) is -3.91. The molecule has 0 radical (unpaired) electrons.